The third-order valence-electron chi connectivity index (χ3n) is 5.70. The van der Waals surface area contributed by atoms with Crippen LogP contribution in [0.3, 0.4) is 0 Å². The Bertz CT molecular complexity index is 655. The molecular formula is C17H23ClN2O3. The zero-order chi connectivity index (χ0) is 15.4. The Balaban J connectivity index is 0.00000156. The van der Waals surface area contributed by atoms with Crippen molar-refractivity contribution in [3.05, 3.63) is 22.6 Å². The number of halogens is 1. The minimum atomic E-state index is -0.0682. The molecule has 4 rings (SSSR count). The number of Topliss-reactive ketones (excluding diaryl/α,β-unsaturated/α-hetero) is 1. The SMILES string of the molecule is Cc1c(C(=O)N2CC3CCC(N)C3C2)oc2c1C(=O)CCC2.Cl. The highest BCUT2D eigenvalue weighted by molar-refractivity contribution is 6.03. The molecule has 0 radical (unpaired) electrons. The van der Waals surface area contributed by atoms with Crippen LogP contribution in [0, 0.1) is 18.8 Å². The minimum absolute atomic E-state index is 0. The van der Waals surface area contributed by atoms with E-state index in [1.807, 2.05) is 11.8 Å². The zero-order valence-corrected chi connectivity index (χ0v) is 14.2. The Hall–Kier alpha value is -1.33. The van der Waals surface area contributed by atoms with Gasteiger partial charge in [-0.2, -0.15) is 0 Å². The number of fused-ring (bicyclic) bond motifs is 2. The number of ketones is 1. The highest BCUT2D eigenvalue weighted by atomic mass is 35.5. The fourth-order valence-corrected chi connectivity index (χ4v) is 4.47. The molecule has 0 spiro atoms. The van der Waals surface area contributed by atoms with E-state index in [9.17, 15) is 9.59 Å². The van der Waals surface area contributed by atoms with E-state index in [2.05, 4.69) is 0 Å². The molecule has 1 saturated heterocycles. The first-order chi connectivity index (χ1) is 10.6. The molecule has 2 N–H and O–H groups in total. The topological polar surface area (TPSA) is 76.5 Å². The lowest BCUT2D eigenvalue weighted by Crippen LogP contribution is -2.33. The average Bonchev–Trinajstić information content (AvgIpc) is 3.15. The van der Waals surface area contributed by atoms with Crippen LogP contribution in [-0.4, -0.2) is 35.7 Å². The fraction of sp³-hybridized carbons (Fsp3) is 0.647. The minimum Gasteiger partial charge on any atom is -0.455 e. The maximum atomic E-state index is 12.8. The lowest BCUT2D eigenvalue weighted by Gasteiger charge is -2.17. The van der Waals surface area contributed by atoms with Crippen LogP contribution in [0.5, 0.6) is 0 Å². The van der Waals surface area contributed by atoms with E-state index in [0.29, 0.717) is 35.3 Å². The third-order valence-corrected chi connectivity index (χ3v) is 5.70. The molecular weight excluding hydrogens is 316 g/mol. The number of hydrogen-bond acceptors (Lipinski definition) is 4. The molecule has 6 heteroatoms. The van der Waals surface area contributed by atoms with Crippen molar-refractivity contribution in [1.82, 2.24) is 4.90 Å². The summed E-state index contributed by atoms with van der Waals surface area (Å²) in [4.78, 5) is 26.7. The Morgan fingerprint density at radius 3 is 2.74 bits per heavy atom. The molecule has 126 valence electrons. The first kappa shape index (κ1) is 16.5. The summed E-state index contributed by atoms with van der Waals surface area (Å²) in [6.45, 7) is 3.33. The van der Waals surface area contributed by atoms with E-state index < -0.39 is 0 Å². The maximum Gasteiger partial charge on any atom is 0.289 e. The normalized spacial score (nSPS) is 29.2. The van der Waals surface area contributed by atoms with Crippen LogP contribution in [0.25, 0.3) is 0 Å². The monoisotopic (exact) mass is 338 g/mol. The van der Waals surface area contributed by atoms with Gasteiger partial charge in [0.15, 0.2) is 11.5 Å². The highest BCUT2D eigenvalue weighted by Gasteiger charge is 2.43. The second kappa shape index (κ2) is 5.95. The third kappa shape index (κ3) is 2.50. The van der Waals surface area contributed by atoms with Crippen LogP contribution in [0.1, 0.15) is 57.9 Å². The van der Waals surface area contributed by atoms with Crippen molar-refractivity contribution >= 4 is 24.1 Å². The molecule has 2 aliphatic carbocycles. The summed E-state index contributed by atoms with van der Waals surface area (Å²) in [7, 11) is 0. The van der Waals surface area contributed by atoms with Gasteiger partial charge in [-0.15, -0.1) is 12.4 Å². The van der Waals surface area contributed by atoms with E-state index in [1.54, 1.807) is 0 Å². The van der Waals surface area contributed by atoms with Gasteiger partial charge in [-0.05, 0) is 38.0 Å². The van der Waals surface area contributed by atoms with Crippen molar-refractivity contribution in [3.8, 4) is 0 Å². The van der Waals surface area contributed by atoms with Gasteiger partial charge in [-0.25, -0.2) is 0 Å². The Kier molecular flexibility index (Phi) is 4.27. The molecule has 0 aromatic carbocycles. The molecule has 5 nitrogen and oxygen atoms in total. The Morgan fingerprint density at radius 2 is 2.04 bits per heavy atom. The van der Waals surface area contributed by atoms with E-state index >= 15 is 0 Å². The number of amides is 1. The van der Waals surface area contributed by atoms with E-state index in [-0.39, 0.29) is 30.1 Å². The van der Waals surface area contributed by atoms with E-state index in [0.717, 1.165) is 44.3 Å². The molecule has 0 bridgehead atoms. The van der Waals surface area contributed by atoms with Gasteiger partial charge in [-0.1, -0.05) is 0 Å². The van der Waals surface area contributed by atoms with Crippen molar-refractivity contribution in [3.63, 3.8) is 0 Å². The summed E-state index contributed by atoms with van der Waals surface area (Å²) in [5.41, 5.74) is 7.53. The van der Waals surface area contributed by atoms with Crippen molar-refractivity contribution < 1.29 is 14.0 Å². The van der Waals surface area contributed by atoms with E-state index in [4.69, 9.17) is 10.2 Å². The van der Waals surface area contributed by atoms with Gasteiger partial charge in [-0.3, -0.25) is 9.59 Å². The molecule has 1 amide bonds. The molecule has 1 aromatic heterocycles. The number of rotatable bonds is 1. The smallest absolute Gasteiger partial charge is 0.289 e. The molecule has 1 aliphatic heterocycles. The first-order valence-electron chi connectivity index (χ1n) is 8.26. The summed E-state index contributed by atoms with van der Waals surface area (Å²) in [5, 5.41) is 0. The number of hydrogen-bond donors (Lipinski definition) is 1. The standard InChI is InChI=1S/C17H22N2O3.ClH/c1-9-15-13(20)3-2-4-14(15)22-16(9)17(21)19-7-10-5-6-12(18)11(10)8-19;/h10-12H,2-8,18H2,1H3;1H. The number of carbonyl (C=O) groups excluding carboxylic acids is 2. The van der Waals surface area contributed by atoms with Crippen molar-refractivity contribution in [2.45, 2.75) is 45.1 Å². The summed E-state index contributed by atoms with van der Waals surface area (Å²) >= 11 is 0. The number of carbonyl (C=O) groups is 2. The molecule has 23 heavy (non-hydrogen) atoms. The first-order valence-corrected chi connectivity index (χ1v) is 8.26. The number of aryl methyl sites for hydroxylation is 1. The molecule has 3 unspecified atom stereocenters. The number of furan rings is 1. The Morgan fingerprint density at radius 1 is 1.26 bits per heavy atom. The molecule has 3 atom stereocenters. The lowest BCUT2D eigenvalue weighted by atomic mass is 9.94. The summed E-state index contributed by atoms with van der Waals surface area (Å²) < 4.78 is 5.79. The van der Waals surface area contributed by atoms with Crippen molar-refractivity contribution in [2.75, 3.05) is 13.1 Å². The molecule has 2 heterocycles. The van der Waals surface area contributed by atoms with Crippen LogP contribution in [0.15, 0.2) is 4.42 Å². The second-order valence-electron chi connectivity index (χ2n) is 7.01. The number of nitrogens with two attached hydrogens (primary N) is 1. The van der Waals surface area contributed by atoms with Crippen molar-refractivity contribution in [1.29, 1.82) is 0 Å². The average molecular weight is 339 g/mol. The molecule has 2 fully saturated rings. The predicted octanol–water partition coefficient (Wildman–Crippen LogP) is 2.34. The van der Waals surface area contributed by atoms with Crippen LogP contribution >= 0.6 is 12.4 Å². The van der Waals surface area contributed by atoms with Gasteiger partial charge in [0.05, 0.1) is 5.56 Å². The van der Waals surface area contributed by atoms with Gasteiger partial charge in [0.25, 0.3) is 5.91 Å². The van der Waals surface area contributed by atoms with Crippen LogP contribution in [0.4, 0.5) is 0 Å². The fourth-order valence-electron chi connectivity index (χ4n) is 4.47. The maximum absolute atomic E-state index is 12.8. The number of nitrogens with zero attached hydrogens (tertiary/aromatic N) is 1. The quantitative estimate of drug-likeness (QED) is 0.852. The predicted molar refractivity (Wildman–Crippen MR) is 88.1 cm³/mol. The lowest BCUT2D eigenvalue weighted by molar-refractivity contribution is 0.0744. The van der Waals surface area contributed by atoms with Gasteiger partial charge in [0.2, 0.25) is 0 Å². The van der Waals surface area contributed by atoms with Crippen LogP contribution in [0.2, 0.25) is 0 Å². The van der Waals surface area contributed by atoms with Crippen LogP contribution in [-0.2, 0) is 6.42 Å². The molecule has 1 saturated carbocycles. The summed E-state index contributed by atoms with van der Waals surface area (Å²) in [6, 6.07) is 0.218. The summed E-state index contributed by atoms with van der Waals surface area (Å²) in [6.07, 6.45) is 4.31. The van der Waals surface area contributed by atoms with Gasteiger partial charge >= 0.3 is 0 Å². The number of likely N-dealkylation sites (tertiary alicyclic amines) is 1. The van der Waals surface area contributed by atoms with Crippen LogP contribution < -0.4 is 5.73 Å². The summed E-state index contributed by atoms with van der Waals surface area (Å²) in [5.74, 6) is 2.08. The van der Waals surface area contributed by atoms with Gasteiger partial charge in [0.1, 0.15) is 5.76 Å². The largest absolute Gasteiger partial charge is 0.455 e. The Labute approximate surface area is 142 Å². The molecule has 3 aliphatic rings. The van der Waals surface area contributed by atoms with Gasteiger partial charge in [0, 0.05) is 37.5 Å². The second-order valence-corrected chi connectivity index (χ2v) is 7.01. The zero-order valence-electron chi connectivity index (χ0n) is 13.3. The highest BCUT2D eigenvalue weighted by Crippen LogP contribution is 2.38. The molecule has 1 aromatic rings. The van der Waals surface area contributed by atoms with Gasteiger partial charge < -0.3 is 15.1 Å². The van der Waals surface area contributed by atoms with E-state index in [1.165, 1.54) is 0 Å². The van der Waals surface area contributed by atoms with Crippen molar-refractivity contribution in [2.24, 2.45) is 17.6 Å².